The molecular formula is C25H26ClFO. The first-order chi connectivity index (χ1) is 13.7. The minimum absolute atomic E-state index is 0.362. The van der Waals surface area contributed by atoms with Crippen LogP contribution in [0, 0.1) is 17.7 Å². The quantitative estimate of drug-likeness (QED) is 0.395. The zero-order chi connectivity index (χ0) is 19.8. The fourth-order valence-electron chi connectivity index (χ4n) is 3.56. The monoisotopic (exact) mass is 396 g/mol. The van der Waals surface area contributed by atoms with Crippen LogP contribution in [-0.4, -0.2) is 12.7 Å². The Morgan fingerprint density at radius 1 is 1.04 bits per heavy atom. The highest BCUT2D eigenvalue weighted by molar-refractivity contribution is 6.30. The molecule has 0 aromatic heterocycles. The zero-order valence-electron chi connectivity index (χ0n) is 16.3. The molecule has 1 nitrogen and oxygen atoms in total. The molecule has 1 fully saturated rings. The Morgan fingerprint density at radius 3 is 2.46 bits per heavy atom. The summed E-state index contributed by atoms with van der Waals surface area (Å²) in [5, 5.41) is 0.380. The minimum Gasteiger partial charge on any atom is -0.374 e. The molecule has 1 aliphatic rings. The van der Waals surface area contributed by atoms with Crippen molar-refractivity contribution >= 4 is 11.6 Å². The fourth-order valence-corrected chi connectivity index (χ4v) is 3.72. The Labute approximate surface area is 172 Å². The third kappa shape index (κ3) is 5.96. The van der Waals surface area contributed by atoms with Crippen LogP contribution in [0.3, 0.4) is 0 Å². The largest absolute Gasteiger partial charge is 0.374 e. The van der Waals surface area contributed by atoms with Crippen molar-refractivity contribution < 1.29 is 9.13 Å². The van der Waals surface area contributed by atoms with Crippen molar-refractivity contribution in [3.63, 3.8) is 0 Å². The molecule has 0 aliphatic heterocycles. The van der Waals surface area contributed by atoms with Crippen LogP contribution in [0.25, 0.3) is 0 Å². The zero-order valence-corrected chi connectivity index (χ0v) is 17.0. The Hall–Kier alpha value is -2.08. The molecule has 0 spiro atoms. The smallest absolute Gasteiger partial charge is 0.140 e. The predicted octanol–water partition coefficient (Wildman–Crippen LogP) is 6.89. The van der Waals surface area contributed by atoms with Gasteiger partial charge < -0.3 is 4.74 Å². The number of benzene rings is 2. The number of halogens is 2. The lowest BCUT2D eigenvalue weighted by atomic mass is 9.82. The van der Waals surface area contributed by atoms with Crippen LogP contribution in [0.1, 0.15) is 61.6 Å². The molecule has 1 saturated carbocycles. The second-order valence-electron chi connectivity index (χ2n) is 7.18. The lowest BCUT2D eigenvalue weighted by Gasteiger charge is -2.28. The van der Waals surface area contributed by atoms with Gasteiger partial charge in [-0.15, -0.1) is 0 Å². The van der Waals surface area contributed by atoms with Gasteiger partial charge in [-0.1, -0.05) is 54.7 Å². The molecule has 0 radical (unpaired) electrons. The average Bonchev–Trinajstić information content (AvgIpc) is 2.72. The van der Waals surface area contributed by atoms with Crippen LogP contribution in [0.5, 0.6) is 0 Å². The highest BCUT2D eigenvalue weighted by Crippen LogP contribution is 2.34. The van der Waals surface area contributed by atoms with Gasteiger partial charge in [0, 0.05) is 10.6 Å². The lowest BCUT2D eigenvalue weighted by molar-refractivity contribution is 0.0422. The second-order valence-corrected chi connectivity index (χ2v) is 7.62. The van der Waals surface area contributed by atoms with E-state index in [1.165, 1.54) is 11.6 Å². The summed E-state index contributed by atoms with van der Waals surface area (Å²) in [4.78, 5) is 0. The van der Waals surface area contributed by atoms with Gasteiger partial charge in [-0.3, -0.25) is 0 Å². The maximum atomic E-state index is 13.8. The standard InChI is InChI=1S/C25H26ClFO/c1-2-3-4-17-28-24-15-12-21(13-16-24)20-8-5-19(6-9-20)7-10-22-11-14-23(26)18-25(22)27/h3-6,8-9,11,14,18,21,24H,2,12-13,15-17H2,1H3. The Bertz CT molecular complexity index is 852. The van der Waals surface area contributed by atoms with Crippen molar-refractivity contribution in [3.05, 3.63) is 82.1 Å². The van der Waals surface area contributed by atoms with Crippen LogP contribution < -0.4 is 0 Å². The number of allylic oxidation sites excluding steroid dienone is 1. The molecule has 0 heterocycles. The van der Waals surface area contributed by atoms with E-state index in [9.17, 15) is 4.39 Å². The fraction of sp³-hybridized carbons (Fsp3) is 0.360. The van der Waals surface area contributed by atoms with Crippen molar-refractivity contribution in [2.45, 2.75) is 51.0 Å². The van der Waals surface area contributed by atoms with E-state index in [-0.39, 0.29) is 5.82 Å². The summed E-state index contributed by atoms with van der Waals surface area (Å²) < 4.78 is 19.7. The van der Waals surface area contributed by atoms with Crippen molar-refractivity contribution in [2.75, 3.05) is 6.61 Å². The number of rotatable bonds is 5. The van der Waals surface area contributed by atoms with Crippen LogP contribution in [0.2, 0.25) is 5.02 Å². The molecular weight excluding hydrogens is 371 g/mol. The summed E-state index contributed by atoms with van der Waals surface area (Å²) in [6, 6.07) is 12.9. The number of hydrogen-bond acceptors (Lipinski definition) is 1. The number of ether oxygens (including phenoxy) is 1. The van der Waals surface area contributed by atoms with E-state index in [1.807, 2.05) is 12.1 Å². The molecule has 3 heteroatoms. The normalized spacial score (nSPS) is 19.4. The van der Waals surface area contributed by atoms with E-state index in [2.05, 4.69) is 43.0 Å². The van der Waals surface area contributed by atoms with E-state index in [0.717, 1.165) is 44.3 Å². The third-order valence-electron chi connectivity index (χ3n) is 5.16. The van der Waals surface area contributed by atoms with Crippen molar-refractivity contribution in [1.82, 2.24) is 0 Å². The van der Waals surface area contributed by atoms with Gasteiger partial charge in [-0.05, 0) is 73.9 Å². The summed E-state index contributed by atoms with van der Waals surface area (Å²) in [7, 11) is 0. The van der Waals surface area contributed by atoms with Gasteiger partial charge in [-0.25, -0.2) is 4.39 Å². The summed E-state index contributed by atoms with van der Waals surface area (Å²) in [6.45, 7) is 2.86. The summed E-state index contributed by atoms with van der Waals surface area (Å²) >= 11 is 5.77. The van der Waals surface area contributed by atoms with E-state index < -0.39 is 0 Å². The third-order valence-corrected chi connectivity index (χ3v) is 5.39. The highest BCUT2D eigenvalue weighted by Gasteiger charge is 2.22. The summed E-state index contributed by atoms with van der Waals surface area (Å²) in [6.07, 6.45) is 10.2. The molecule has 146 valence electrons. The van der Waals surface area contributed by atoms with Gasteiger partial charge in [0.05, 0.1) is 18.3 Å². The Kier molecular flexibility index (Phi) is 7.71. The summed E-state index contributed by atoms with van der Waals surface area (Å²) in [5.74, 6) is 6.11. The van der Waals surface area contributed by atoms with E-state index in [1.54, 1.807) is 12.1 Å². The van der Waals surface area contributed by atoms with Crippen molar-refractivity contribution in [1.29, 1.82) is 0 Å². The molecule has 0 saturated heterocycles. The molecule has 3 rings (SSSR count). The van der Waals surface area contributed by atoms with Crippen molar-refractivity contribution in [3.8, 4) is 11.8 Å². The van der Waals surface area contributed by atoms with Gasteiger partial charge in [0.2, 0.25) is 0 Å². The first-order valence-corrected chi connectivity index (χ1v) is 10.4. The van der Waals surface area contributed by atoms with Gasteiger partial charge in [0.1, 0.15) is 5.82 Å². The average molecular weight is 397 g/mol. The molecule has 0 amide bonds. The predicted molar refractivity (Wildman–Crippen MR) is 114 cm³/mol. The maximum Gasteiger partial charge on any atom is 0.140 e. The second kappa shape index (κ2) is 10.5. The van der Waals surface area contributed by atoms with E-state index >= 15 is 0 Å². The summed E-state index contributed by atoms with van der Waals surface area (Å²) in [5.41, 5.74) is 2.60. The number of hydrogen-bond donors (Lipinski definition) is 0. The molecule has 2 aromatic carbocycles. The molecule has 0 bridgehead atoms. The first-order valence-electron chi connectivity index (χ1n) is 9.99. The molecule has 2 aromatic rings. The minimum atomic E-state index is -0.388. The highest BCUT2D eigenvalue weighted by atomic mass is 35.5. The molecule has 1 aliphatic carbocycles. The molecule has 0 unspecified atom stereocenters. The Morgan fingerprint density at radius 2 is 1.79 bits per heavy atom. The Balaban J connectivity index is 1.54. The molecule has 28 heavy (non-hydrogen) atoms. The van der Waals surface area contributed by atoms with Crippen LogP contribution in [-0.2, 0) is 4.74 Å². The topological polar surface area (TPSA) is 9.23 Å². The SMILES string of the molecule is CCC=CCOC1CCC(c2ccc(C#Cc3ccc(Cl)cc3F)cc2)CC1. The first kappa shape index (κ1) is 20.6. The maximum absolute atomic E-state index is 13.8. The molecule has 0 N–H and O–H groups in total. The van der Waals surface area contributed by atoms with Gasteiger partial charge in [0.25, 0.3) is 0 Å². The van der Waals surface area contributed by atoms with E-state index in [4.69, 9.17) is 16.3 Å². The van der Waals surface area contributed by atoms with E-state index in [0.29, 0.717) is 22.6 Å². The molecule has 0 atom stereocenters. The van der Waals surface area contributed by atoms with Gasteiger partial charge in [-0.2, -0.15) is 0 Å². The van der Waals surface area contributed by atoms with Gasteiger partial charge >= 0.3 is 0 Å². The van der Waals surface area contributed by atoms with Crippen LogP contribution in [0.4, 0.5) is 4.39 Å². The van der Waals surface area contributed by atoms with Gasteiger partial charge in [0.15, 0.2) is 0 Å². The van der Waals surface area contributed by atoms with Crippen LogP contribution >= 0.6 is 11.6 Å². The lowest BCUT2D eigenvalue weighted by Crippen LogP contribution is -2.20. The van der Waals surface area contributed by atoms with Crippen LogP contribution in [0.15, 0.2) is 54.6 Å². The van der Waals surface area contributed by atoms with Crippen molar-refractivity contribution in [2.24, 2.45) is 0 Å².